The van der Waals surface area contributed by atoms with Crippen LogP contribution in [0.15, 0.2) is 60.7 Å². The van der Waals surface area contributed by atoms with Gasteiger partial charge in [0.05, 0.1) is 14.2 Å². The Morgan fingerprint density at radius 2 is 1.90 bits per heavy atom. The van der Waals surface area contributed by atoms with Crippen LogP contribution in [-0.4, -0.2) is 47.5 Å². The van der Waals surface area contributed by atoms with E-state index < -0.39 is 8.07 Å². The normalized spacial score (nSPS) is 29.2. The SMILES string of the molecule is COCO[C@H]1C=C[C@]2(c3ccc4c(c3)OCO4)[C@H](C1)NC[C@H]2[Si](C)(C)c1ccccc1. The number of hydrogen-bond donors (Lipinski definition) is 1. The highest BCUT2D eigenvalue weighted by atomic mass is 28.3. The van der Waals surface area contributed by atoms with Gasteiger partial charge in [0.15, 0.2) is 11.5 Å². The summed E-state index contributed by atoms with van der Waals surface area (Å²) in [4.78, 5) is 0. The van der Waals surface area contributed by atoms with Crippen molar-refractivity contribution in [1.82, 2.24) is 5.32 Å². The molecule has 5 rings (SSSR count). The molecule has 1 saturated heterocycles. The van der Waals surface area contributed by atoms with Gasteiger partial charge in [-0.25, -0.2) is 0 Å². The van der Waals surface area contributed by atoms with E-state index in [0.29, 0.717) is 25.2 Å². The van der Waals surface area contributed by atoms with Crippen LogP contribution in [0.2, 0.25) is 18.6 Å². The molecule has 0 amide bonds. The van der Waals surface area contributed by atoms with Crippen LogP contribution >= 0.6 is 0 Å². The maximum absolute atomic E-state index is 5.92. The fourth-order valence-electron chi connectivity index (χ4n) is 5.79. The number of rotatable bonds is 6. The Kier molecular flexibility index (Phi) is 5.42. The third-order valence-electron chi connectivity index (χ3n) is 7.44. The molecule has 164 valence electrons. The van der Waals surface area contributed by atoms with Crippen LogP contribution in [0, 0.1) is 0 Å². The van der Waals surface area contributed by atoms with Crippen LogP contribution in [0.5, 0.6) is 11.5 Å². The molecule has 3 aliphatic rings. The lowest BCUT2D eigenvalue weighted by atomic mass is 9.69. The van der Waals surface area contributed by atoms with Crippen molar-refractivity contribution in [2.45, 2.75) is 42.6 Å². The molecule has 0 unspecified atom stereocenters. The second-order valence-electron chi connectivity index (χ2n) is 9.31. The average Bonchev–Trinajstić information content (AvgIpc) is 3.42. The molecule has 0 aromatic heterocycles. The van der Waals surface area contributed by atoms with Crippen molar-refractivity contribution < 1.29 is 18.9 Å². The quantitative estimate of drug-likeness (QED) is 0.425. The largest absolute Gasteiger partial charge is 0.454 e. The highest BCUT2D eigenvalue weighted by Crippen LogP contribution is 2.53. The second kappa shape index (κ2) is 8.09. The Morgan fingerprint density at radius 3 is 2.71 bits per heavy atom. The van der Waals surface area contributed by atoms with Crippen LogP contribution in [0.1, 0.15) is 12.0 Å². The lowest BCUT2D eigenvalue weighted by molar-refractivity contribution is -0.0626. The van der Waals surface area contributed by atoms with Crippen molar-refractivity contribution in [3.8, 4) is 11.5 Å². The smallest absolute Gasteiger partial charge is 0.231 e. The highest BCUT2D eigenvalue weighted by molar-refractivity contribution is 6.91. The molecule has 0 bridgehead atoms. The Bertz CT molecular complexity index is 963. The van der Waals surface area contributed by atoms with E-state index in [1.54, 1.807) is 7.11 Å². The summed E-state index contributed by atoms with van der Waals surface area (Å²) in [6.45, 7) is 6.62. The zero-order valence-corrected chi connectivity index (χ0v) is 19.5. The summed E-state index contributed by atoms with van der Waals surface area (Å²) < 4.78 is 22.4. The summed E-state index contributed by atoms with van der Waals surface area (Å²) in [6.07, 6.45) is 5.64. The highest BCUT2D eigenvalue weighted by Gasteiger charge is 2.57. The zero-order valence-electron chi connectivity index (χ0n) is 18.5. The van der Waals surface area contributed by atoms with E-state index in [0.717, 1.165) is 24.5 Å². The lowest BCUT2D eigenvalue weighted by Crippen LogP contribution is -2.55. The van der Waals surface area contributed by atoms with E-state index in [4.69, 9.17) is 18.9 Å². The number of hydrogen-bond acceptors (Lipinski definition) is 5. The molecule has 2 aromatic rings. The molecule has 0 spiro atoms. The van der Waals surface area contributed by atoms with Gasteiger partial charge in [-0.3, -0.25) is 0 Å². The summed E-state index contributed by atoms with van der Waals surface area (Å²) in [5.41, 5.74) is 1.68. The zero-order chi connectivity index (χ0) is 21.5. The van der Waals surface area contributed by atoms with Gasteiger partial charge in [0.25, 0.3) is 0 Å². The van der Waals surface area contributed by atoms with Crippen LogP contribution in [0.4, 0.5) is 0 Å². The van der Waals surface area contributed by atoms with Crippen molar-refractivity contribution in [1.29, 1.82) is 0 Å². The Balaban J connectivity index is 1.60. The molecule has 1 fully saturated rings. The van der Waals surface area contributed by atoms with Gasteiger partial charge in [-0.15, -0.1) is 0 Å². The second-order valence-corrected chi connectivity index (χ2v) is 14.0. The van der Waals surface area contributed by atoms with Gasteiger partial charge < -0.3 is 24.3 Å². The Hall–Kier alpha value is -2.12. The molecule has 0 saturated carbocycles. The van der Waals surface area contributed by atoms with Crippen molar-refractivity contribution in [2.24, 2.45) is 0 Å². The average molecular weight is 438 g/mol. The first kappa shape index (κ1) is 20.8. The molecular formula is C25H31NO4Si. The Labute approximate surface area is 185 Å². The van der Waals surface area contributed by atoms with E-state index in [1.807, 2.05) is 0 Å². The van der Waals surface area contributed by atoms with E-state index in [1.165, 1.54) is 10.8 Å². The molecule has 2 aliphatic heterocycles. The number of benzene rings is 2. The summed E-state index contributed by atoms with van der Waals surface area (Å²) >= 11 is 0. The summed E-state index contributed by atoms with van der Waals surface area (Å²) in [6, 6.07) is 17.9. The van der Waals surface area contributed by atoms with Crippen molar-refractivity contribution >= 4 is 13.3 Å². The minimum absolute atomic E-state index is 0.0554. The predicted octanol–water partition coefficient (Wildman–Crippen LogP) is 3.56. The topological polar surface area (TPSA) is 49.0 Å². The van der Waals surface area contributed by atoms with Crippen molar-refractivity contribution in [3.63, 3.8) is 0 Å². The standard InChI is InChI=1S/C25H31NO4Si/c1-27-16-28-19-11-12-25(18-9-10-21-22(13-18)30-17-29-21)23(14-19)26-15-24(25)31(2,3)20-7-5-4-6-8-20/h4-13,19,23-24,26H,14-17H2,1-3H3/t19-,23-,24+,25-/m0/s1. The van der Waals surface area contributed by atoms with Gasteiger partial charge >= 0.3 is 0 Å². The molecule has 1 N–H and O–H groups in total. The van der Waals surface area contributed by atoms with E-state index >= 15 is 0 Å². The molecule has 0 radical (unpaired) electrons. The molecule has 2 heterocycles. The third-order valence-corrected chi connectivity index (χ3v) is 11.7. The summed E-state index contributed by atoms with van der Waals surface area (Å²) in [5.74, 6) is 1.68. The number of methoxy groups -OCH3 is 1. The lowest BCUT2D eigenvalue weighted by Gasteiger charge is -2.46. The van der Waals surface area contributed by atoms with Gasteiger partial charge in [0, 0.05) is 18.6 Å². The van der Waals surface area contributed by atoms with Gasteiger partial charge in [-0.1, -0.05) is 66.8 Å². The first-order valence-corrected chi connectivity index (χ1v) is 14.1. The summed E-state index contributed by atoms with van der Waals surface area (Å²) in [7, 11) is -0.166. The first-order valence-electron chi connectivity index (χ1n) is 11.0. The van der Waals surface area contributed by atoms with Gasteiger partial charge in [-0.05, 0) is 36.2 Å². The fourth-order valence-corrected chi connectivity index (χ4v) is 9.53. The van der Waals surface area contributed by atoms with Crippen molar-refractivity contribution in [3.05, 3.63) is 66.2 Å². The van der Waals surface area contributed by atoms with E-state index in [2.05, 4.69) is 79.1 Å². The maximum Gasteiger partial charge on any atom is 0.231 e. The van der Waals surface area contributed by atoms with Crippen LogP contribution < -0.4 is 20.0 Å². The van der Waals surface area contributed by atoms with Crippen LogP contribution in [0.3, 0.4) is 0 Å². The van der Waals surface area contributed by atoms with E-state index in [9.17, 15) is 0 Å². The number of nitrogens with one attached hydrogen (secondary N) is 1. The van der Waals surface area contributed by atoms with E-state index in [-0.39, 0.29) is 11.5 Å². The van der Waals surface area contributed by atoms with Gasteiger partial charge in [-0.2, -0.15) is 0 Å². The van der Waals surface area contributed by atoms with Crippen LogP contribution in [0.25, 0.3) is 0 Å². The monoisotopic (exact) mass is 437 g/mol. The minimum Gasteiger partial charge on any atom is -0.454 e. The fraction of sp³-hybridized carbons (Fsp3) is 0.440. The van der Waals surface area contributed by atoms with Crippen LogP contribution in [-0.2, 0) is 14.9 Å². The molecule has 6 heteroatoms. The summed E-state index contributed by atoms with van der Waals surface area (Å²) in [5, 5.41) is 5.38. The van der Waals surface area contributed by atoms with Gasteiger partial charge in [0.2, 0.25) is 6.79 Å². The molecule has 31 heavy (non-hydrogen) atoms. The molecule has 1 aliphatic carbocycles. The van der Waals surface area contributed by atoms with Gasteiger partial charge in [0.1, 0.15) is 6.79 Å². The van der Waals surface area contributed by atoms with Crippen molar-refractivity contribution in [2.75, 3.05) is 27.2 Å². The maximum atomic E-state index is 5.92. The first-order chi connectivity index (χ1) is 15.1. The number of fused-ring (bicyclic) bond motifs is 2. The Morgan fingerprint density at radius 1 is 1.10 bits per heavy atom. The third kappa shape index (κ3) is 3.42. The molecular weight excluding hydrogens is 406 g/mol. The molecule has 4 atom stereocenters. The number of ether oxygens (including phenoxy) is 4. The molecule has 5 nitrogen and oxygen atoms in total. The predicted molar refractivity (Wildman–Crippen MR) is 124 cm³/mol. The molecule has 2 aromatic carbocycles. The minimum atomic E-state index is -1.83.